The molecular weight excluding hydrogens is 524 g/mol. The van der Waals surface area contributed by atoms with Crippen molar-refractivity contribution in [2.45, 2.75) is 33.5 Å². The lowest BCUT2D eigenvalue weighted by molar-refractivity contribution is -0.295. The second kappa shape index (κ2) is 16.6. The third-order valence-electron chi connectivity index (χ3n) is 5.28. The Morgan fingerprint density at radius 1 is 0.763 bits per heavy atom. The van der Waals surface area contributed by atoms with Gasteiger partial charge in [-0.1, -0.05) is 74.5 Å². The van der Waals surface area contributed by atoms with E-state index in [1.54, 1.807) is 19.1 Å². The van der Waals surface area contributed by atoms with Gasteiger partial charge in [0.15, 0.2) is 5.78 Å². The number of ketones is 1. The van der Waals surface area contributed by atoms with Crippen molar-refractivity contribution in [3.63, 3.8) is 0 Å². The van der Waals surface area contributed by atoms with E-state index in [-0.39, 0.29) is 28.9 Å². The van der Waals surface area contributed by atoms with Crippen LogP contribution in [0.2, 0.25) is 0 Å². The summed E-state index contributed by atoms with van der Waals surface area (Å²) in [7, 11) is 0. The molecule has 2 aromatic carbocycles. The standard InChI is InChI=1S/C17H24O4S.C12H14O3S/c1-4-19-15(18)10-22-13-17(14-8-6-5-7-9-14)20-11-16(2,3)12-21-17;1-2-15-12(14)9-16-8-11(13)10-6-4-3-5-7-10/h5-9H,4,10-13H2,1-3H3;3-7H,2,8-9H2,1H3. The van der Waals surface area contributed by atoms with Crippen LogP contribution in [0.3, 0.4) is 0 Å². The number of benzene rings is 2. The fourth-order valence-electron chi connectivity index (χ4n) is 3.34. The van der Waals surface area contributed by atoms with Crippen molar-refractivity contribution >= 4 is 41.2 Å². The second-order valence-corrected chi connectivity index (χ2v) is 11.2. The number of Topliss-reactive ketones (excluding diaryl/α,β-unsaturated/α-hetero) is 1. The van der Waals surface area contributed by atoms with E-state index in [1.165, 1.54) is 23.5 Å². The van der Waals surface area contributed by atoms with E-state index in [0.717, 1.165) is 5.56 Å². The van der Waals surface area contributed by atoms with Crippen LogP contribution in [0, 0.1) is 5.41 Å². The number of carbonyl (C=O) groups is 3. The highest BCUT2D eigenvalue weighted by Crippen LogP contribution is 2.38. The number of thioether (sulfide) groups is 2. The van der Waals surface area contributed by atoms with Crippen LogP contribution < -0.4 is 0 Å². The van der Waals surface area contributed by atoms with E-state index in [1.807, 2.05) is 55.5 Å². The van der Waals surface area contributed by atoms with Gasteiger partial charge in [-0.05, 0) is 13.8 Å². The van der Waals surface area contributed by atoms with Crippen LogP contribution in [0.15, 0.2) is 60.7 Å². The van der Waals surface area contributed by atoms with Gasteiger partial charge in [0, 0.05) is 16.5 Å². The fourth-order valence-corrected chi connectivity index (χ4v) is 5.00. The Labute approximate surface area is 234 Å². The van der Waals surface area contributed by atoms with E-state index >= 15 is 0 Å². The van der Waals surface area contributed by atoms with Gasteiger partial charge in [0.25, 0.3) is 0 Å². The Hall–Kier alpha value is -2.33. The SMILES string of the molecule is CCOC(=O)CSCC(=O)c1ccccc1.CCOC(=O)CSCC1(c2ccccc2)OCC(C)(C)CO1. The van der Waals surface area contributed by atoms with Crippen molar-refractivity contribution < 1.29 is 33.3 Å². The van der Waals surface area contributed by atoms with Gasteiger partial charge in [-0.2, -0.15) is 0 Å². The maximum atomic E-state index is 11.6. The summed E-state index contributed by atoms with van der Waals surface area (Å²) in [6.45, 7) is 9.85. The highest BCUT2D eigenvalue weighted by molar-refractivity contribution is 8.00. The van der Waals surface area contributed by atoms with Crippen molar-refractivity contribution in [2.24, 2.45) is 5.41 Å². The summed E-state index contributed by atoms with van der Waals surface area (Å²) in [5, 5.41) is 0. The van der Waals surface area contributed by atoms with Crippen molar-refractivity contribution in [1.82, 2.24) is 0 Å². The first kappa shape index (κ1) is 31.9. The number of hydrogen-bond acceptors (Lipinski definition) is 9. The van der Waals surface area contributed by atoms with Gasteiger partial charge in [0.2, 0.25) is 5.79 Å². The third-order valence-corrected chi connectivity index (χ3v) is 7.21. The molecule has 1 aliphatic rings. The van der Waals surface area contributed by atoms with Crippen LogP contribution in [0.1, 0.15) is 43.6 Å². The van der Waals surface area contributed by atoms with Crippen LogP contribution in [-0.2, 0) is 34.3 Å². The highest BCUT2D eigenvalue weighted by atomic mass is 32.2. The molecule has 0 bridgehead atoms. The smallest absolute Gasteiger partial charge is 0.315 e. The monoisotopic (exact) mass is 562 g/mol. The van der Waals surface area contributed by atoms with Crippen LogP contribution >= 0.6 is 23.5 Å². The van der Waals surface area contributed by atoms with Gasteiger partial charge in [-0.25, -0.2) is 0 Å². The highest BCUT2D eigenvalue weighted by Gasteiger charge is 2.42. The number of carbonyl (C=O) groups excluding carboxylic acids is 3. The molecule has 1 fully saturated rings. The van der Waals surface area contributed by atoms with Crippen molar-refractivity contribution in [3.05, 3.63) is 71.8 Å². The van der Waals surface area contributed by atoms with Crippen LogP contribution in [0.5, 0.6) is 0 Å². The molecule has 9 heteroatoms. The van der Waals surface area contributed by atoms with Gasteiger partial charge in [0.05, 0.1) is 49.4 Å². The first-order valence-electron chi connectivity index (χ1n) is 12.6. The first-order chi connectivity index (χ1) is 18.2. The molecule has 0 unspecified atom stereocenters. The molecule has 1 heterocycles. The van der Waals surface area contributed by atoms with Gasteiger partial charge in [0.1, 0.15) is 0 Å². The zero-order chi connectivity index (χ0) is 27.9. The molecule has 0 saturated carbocycles. The summed E-state index contributed by atoms with van der Waals surface area (Å²) in [4.78, 5) is 34.1. The predicted molar refractivity (Wildman–Crippen MR) is 152 cm³/mol. The summed E-state index contributed by atoms with van der Waals surface area (Å²) in [5.74, 6) is 0.184. The van der Waals surface area contributed by atoms with Crippen molar-refractivity contribution in [1.29, 1.82) is 0 Å². The molecule has 0 spiro atoms. The number of hydrogen-bond donors (Lipinski definition) is 0. The third kappa shape index (κ3) is 11.2. The predicted octanol–water partition coefficient (Wildman–Crippen LogP) is 5.37. The molecule has 38 heavy (non-hydrogen) atoms. The summed E-state index contributed by atoms with van der Waals surface area (Å²) in [6.07, 6.45) is 0. The van der Waals surface area contributed by atoms with Crippen LogP contribution in [0.25, 0.3) is 0 Å². The van der Waals surface area contributed by atoms with E-state index < -0.39 is 5.79 Å². The minimum absolute atomic E-state index is 0.00406. The molecule has 0 aromatic heterocycles. The lowest BCUT2D eigenvalue weighted by Gasteiger charge is -2.43. The maximum Gasteiger partial charge on any atom is 0.315 e. The fraction of sp³-hybridized carbons (Fsp3) is 0.483. The molecule has 0 amide bonds. The average Bonchev–Trinajstić information content (AvgIpc) is 2.91. The minimum atomic E-state index is -0.784. The number of rotatable bonds is 12. The largest absolute Gasteiger partial charge is 0.465 e. The number of ether oxygens (including phenoxy) is 4. The zero-order valence-corrected chi connectivity index (χ0v) is 24.2. The topological polar surface area (TPSA) is 88.1 Å². The number of esters is 2. The zero-order valence-electron chi connectivity index (χ0n) is 22.6. The minimum Gasteiger partial charge on any atom is -0.465 e. The summed E-state index contributed by atoms with van der Waals surface area (Å²) < 4.78 is 21.9. The molecule has 0 radical (unpaired) electrons. The molecule has 208 valence electrons. The van der Waals surface area contributed by atoms with Crippen LogP contribution in [-0.4, -0.2) is 67.2 Å². The molecule has 0 aliphatic carbocycles. The molecule has 7 nitrogen and oxygen atoms in total. The second-order valence-electron chi connectivity index (χ2n) is 9.25. The van der Waals surface area contributed by atoms with Crippen molar-refractivity contribution in [3.8, 4) is 0 Å². The van der Waals surface area contributed by atoms with Crippen LogP contribution in [0.4, 0.5) is 0 Å². The van der Waals surface area contributed by atoms with E-state index in [4.69, 9.17) is 18.9 Å². The summed E-state index contributed by atoms with van der Waals surface area (Å²) in [6, 6.07) is 19.0. The molecule has 3 rings (SSSR count). The van der Waals surface area contributed by atoms with E-state index in [2.05, 4.69) is 13.8 Å². The quantitative estimate of drug-likeness (QED) is 0.250. The molecule has 0 atom stereocenters. The Bertz CT molecular complexity index is 987. The average molecular weight is 563 g/mol. The van der Waals surface area contributed by atoms with Crippen molar-refractivity contribution in [2.75, 3.05) is 49.4 Å². The molecule has 1 aliphatic heterocycles. The van der Waals surface area contributed by atoms with E-state index in [0.29, 0.717) is 49.2 Å². The molecule has 2 aromatic rings. The van der Waals surface area contributed by atoms with Gasteiger partial charge in [-0.15, -0.1) is 23.5 Å². The first-order valence-corrected chi connectivity index (χ1v) is 14.9. The van der Waals surface area contributed by atoms with E-state index in [9.17, 15) is 14.4 Å². The maximum absolute atomic E-state index is 11.6. The molecular formula is C29H38O7S2. The summed E-state index contributed by atoms with van der Waals surface area (Å²) >= 11 is 2.76. The lowest BCUT2D eigenvalue weighted by atomic mass is 9.93. The van der Waals surface area contributed by atoms with Gasteiger partial charge >= 0.3 is 11.9 Å². The normalized spacial score (nSPS) is 15.5. The summed E-state index contributed by atoms with van der Waals surface area (Å²) in [5.41, 5.74) is 1.67. The lowest BCUT2D eigenvalue weighted by Crippen LogP contribution is -2.47. The Morgan fingerprint density at radius 2 is 1.26 bits per heavy atom. The van der Waals surface area contributed by atoms with Gasteiger partial charge < -0.3 is 18.9 Å². The Balaban J connectivity index is 0.000000281. The Kier molecular flexibility index (Phi) is 13.9. The van der Waals surface area contributed by atoms with Gasteiger partial charge in [-0.3, -0.25) is 14.4 Å². The molecule has 1 saturated heterocycles. The molecule has 0 N–H and O–H groups in total. The Morgan fingerprint density at radius 3 is 1.79 bits per heavy atom.